The zero-order valence-corrected chi connectivity index (χ0v) is 9.23. The van der Waals surface area contributed by atoms with E-state index in [4.69, 9.17) is 5.11 Å². The number of nitrogens with one attached hydrogen (secondary N) is 1. The van der Waals surface area contributed by atoms with Crippen molar-refractivity contribution in [1.82, 2.24) is 5.32 Å². The van der Waals surface area contributed by atoms with E-state index in [-0.39, 0.29) is 24.5 Å². The summed E-state index contributed by atoms with van der Waals surface area (Å²) < 4.78 is 0. The molecule has 1 aromatic carbocycles. The van der Waals surface area contributed by atoms with Crippen molar-refractivity contribution in [2.75, 3.05) is 6.61 Å². The molecule has 1 aromatic rings. The van der Waals surface area contributed by atoms with E-state index in [0.717, 1.165) is 19.3 Å². The molecule has 0 unspecified atom stereocenters. The van der Waals surface area contributed by atoms with Gasteiger partial charge in [0.1, 0.15) is 0 Å². The molecule has 3 nitrogen and oxygen atoms in total. The summed E-state index contributed by atoms with van der Waals surface area (Å²) in [5.74, 6) is 0.138. The van der Waals surface area contributed by atoms with Crippen LogP contribution in [0.3, 0.4) is 0 Å². The summed E-state index contributed by atoms with van der Waals surface area (Å²) in [4.78, 5) is 11.7. The zero-order chi connectivity index (χ0) is 11.4. The summed E-state index contributed by atoms with van der Waals surface area (Å²) in [6.07, 6.45) is 2.54. The van der Waals surface area contributed by atoms with Gasteiger partial charge in [-0.2, -0.15) is 0 Å². The van der Waals surface area contributed by atoms with Crippen molar-refractivity contribution in [3.63, 3.8) is 0 Å². The number of carbonyl (C=O) groups is 1. The molecule has 3 heteroatoms. The SMILES string of the molecule is O=C1N[C@H](CO)CC[C@@H]1Cc1ccccc1. The lowest BCUT2D eigenvalue weighted by atomic mass is 9.89. The maximum absolute atomic E-state index is 11.7. The first-order chi connectivity index (χ1) is 7.79. The van der Waals surface area contributed by atoms with Gasteiger partial charge in [-0.05, 0) is 24.8 Å². The minimum absolute atomic E-state index is 0.0421. The average Bonchev–Trinajstić information content (AvgIpc) is 2.33. The number of piperidine rings is 1. The molecule has 1 saturated heterocycles. The van der Waals surface area contributed by atoms with Gasteiger partial charge in [-0.25, -0.2) is 0 Å². The van der Waals surface area contributed by atoms with Crippen molar-refractivity contribution in [1.29, 1.82) is 0 Å². The summed E-state index contributed by atoms with van der Waals surface area (Å²) in [6.45, 7) is 0.0454. The highest BCUT2D eigenvalue weighted by atomic mass is 16.3. The second-order valence-corrected chi connectivity index (χ2v) is 4.35. The molecular weight excluding hydrogens is 202 g/mol. The maximum Gasteiger partial charge on any atom is 0.223 e. The number of hydrogen-bond acceptors (Lipinski definition) is 2. The van der Waals surface area contributed by atoms with Crippen LogP contribution in [-0.4, -0.2) is 23.7 Å². The van der Waals surface area contributed by atoms with Gasteiger partial charge in [0.15, 0.2) is 0 Å². The summed E-state index contributed by atoms with van der Waals surface area (Å²) in [7, 11) is 0. The van der Waals surface area contributed by atoms with E-state index in [9.17, 15) is 4.79 Å². The van der Waals surface area contributed by atoms with Gasteiger partial charge in [0, 0.05) is 5.92 Å². The van der Waals surface area contributed by atoms with Gasteiger partial charge in [0.25, 0.3) is 0 Å². The predicted molar refractivity (Wildman–Crippen MR) is 61.9 cm³/mol. The molecule has 0 bridgehead atoms. The number of amides is 1. The van der Waals surface area contributed by atoms with E-state index in [1.165, 1.54) is 5.56 Å². The molecule has 2 atom stereocenters. The summed E-state index contributed by atoms with van der Waals surface area (Å²) in [6, 6.07) is 10.0. The lowest BCUT2D eigenvalue weighted by Gasteiger charge is -2.27. The summed E-state index contributed by atoms with van der Waals surface area (Å²) in [5, 5.41) is 11.8. The van der Waals surface area contributed by atoms with Gasteiger partial charge in [0.2, 0.25) is 5.91 Å². The van der Waals surface area contributed by atoms with E-state index >= 15 is 0 Å². The van der Waals surface area contributed by atoms with Crippen molar-refractivity contribution < 1.29 is 9.90 Å². The van der Waals surface area contributed by atoms with Gasteiger partial charge < -0.3 is 10.4 Å². The Morgan fingerprint density at radius 2 is 2.00 bits per heavy atom. The van der Waals surface area contributed by atoms with E-state index in [0.29, 0.717) is 0 Å². The van der Waals surface area contributed by atoms with Gasteiger partial charge >= 0.3 is 0 Å². The van der Waals surface area contributed by atoms with Crippen molar-refractivity contribution >= 4 is 5.91 Å². The number of rotatable bonds is 3. The quantitative estimate of drug-likeness (QED) is 0.800. The minimum Gasteiger partial charge on any atom is -0.394 e. The molecule has 0 aliphatic carbocycles. The van der Waals surface area contributed by atoms with Crippen molar-refractivity contribution in [3.8, 4) is 0 Å². The fourth-order valence-electron chi connectivity index (χ4n) is 2.15. The van der Waals surface area contributed by atoms with Gasteiger partial charge in [-0.3, -0.25) is 4.79 Å². The minimum atomic E-state index is -0.0421. The first kappa shape index (κ1) is 11.1. The molecule has 1 fully saturated rings. The third-order valence-electron chi connectivity index (χ3n) is 3.13. The standard InChI is InChI=1S/C13H17NO2/c15-9-12-7-6-11(13(16)14-12)8-10-4-2-1-3-5-10/h1-5,11-12,15H,6-9H2,(H,14,16)/t11-,12+/m1/s1. The maximum atomic E-state index is 11.7. The molecule has 16 heavy (non-hydrogen) atoms. The number of aliphatic hydroxyl groups excluding tert-OH is 1. The number of benzene rings is 1. The molecule has 1 heterocycles. The normalized spacial score (nSPS) is 25.2. The Morgan fingerprint density at radius 1 is 1.25 bits per heavy atom. The third kappa shape index (κ3) is 2.61. The summed E-state index contributed by atoms with van der Waals surface area (Å²) >= 11 is 0. The highest BCUT2D eigenvalue weighted by molar-refractivity contribution is 5.80. The Morgan fingerprint density at radius 3 is 2.62 bits per heavy atom. The van der Waals surface area contributed by atoms with Crippen LogP contribution >= 0.6 is 0 Å². The van der Waals surface area contributed by atoms with Crippen LogP contribution in [0.25, 0.3) is 0 Å². The van der Waals surface area contributed by atoms with E-state index in [2.05, 4.69) is 5.32 Å². The first-order valence-corrected chi connectivity index (χ1v) is 5.74. The predicted octanol–water partition coefficient (Wildman–Crippen LogP) is 1.12. The van der Waals surface area contributed by atoms with Crippen LogP contribution in [0.4, 0.5) is 0 Å². The highest BCUT2D eigenvalue weighted by Crippen LogP contribution is 2.19. The zero-order valence-electron chi connectivity index (χ0n) is 9.23. The van der Waals surface area contributed by atoms with Crippen LogP contribution in [0.15, 0.2) is 30.3 Å². The Bertz CT molecular complexity index is 350. The topological polar surface area (TPSA) is 49.3 Å². The van der Waals surface area contributed by atoms with Crippen LogP contribution in [0.2, 0.25) is 0 Å². The second-order valence-electron chi connectivity index (χ2n) is 4.35. The number of aliphatic hydroxyl groups is 1. The van der Waals surface area contributed by atoms with Crippen molar-refractivity contribution in [2.45, 2.75) is 25.3 Å². The molecule has 1 aliphatic rings. The largest absolute Gasteiger partial charge is 0.394 e. The van der Waals surface area contributed by atoms with Crippen LogP contribution in [-0.2, 0) is 11.2 Å². The summed E-state index contributed by atoms with van der Waals surface area (Å²) in [5.41, 5.74) is 1.20. The molecule has 2 rings (SSSR count). The van der Waals surface area contributed by atoms with E-state index < -0.39 is 0 Å². The second kappa shape index (κ2) is 5.12. The van der Waals surface area contributed by atoms with Gasteiger partial charge in [-0.15, -0.1) is 0 Å². The van der Waals surface area contributed by atoms with E-state index in [1.54, 1.807) is 0 Å². The third-order valence-corrected chi connectivity index (χ3v) is 3.13. The Hall–Kier alpha value is -1.35. The molecular formula is C13H17NO2. The number of carbonyl (C=O) groups excluding carboxylic acids is 1. The Balaban J connectivity index is 1.94. The van der Waals surface area contributed by atoms with Gasteiger partial charge in [-0.1, -0.05) is 30.3 Å². The van der Waals surface area contributed by atoms with Crippen molar-refractivity contribution in [3.05, 3.63) is 35.9 Å². The van der Waals surface area contributed by atoms with Gasteiger partial charge in [0.05, 0.1) is 12.6 Å². The monoisotopic (exact) mass is 219 g/mol. The molecule has 2 N–H and O–H groups in total. The molecule has 0 aromatic heterocycles. The molecule has 1 amide bonds. The molecule has 1 aliphatic heterocycles. The Kier molecular flexibility index (Phi) is 3.57. The fraction of sp³-hybridized carbons (Fsp3) is 0.462. The van der Waals surface area contributed by atoms with Crippen LogP contribution in [0.1, 0.15) is 18.4 Å². The average molecular weight is 219 g/mol. The van der Waals surface area contributed by atoms with Crippen LogP contribution in [0, 0.1) is 5.92 Å². The molecule has 0 spiro atoms. The van der Waals surface area contributed by atoms with Crippen LogP contribution < -0.4 is 5.32 Å². The molecule has 0 radical (unpaired) electrons. The smallest absolute Gasteiger partial charge is 0.223 e. The lowest BCUT2D eigenvalue weighted by Crippen LogP contribution is -2.46. The number of hydrogen-bond donors (Lipinski definition) is 2. The Labute approximate surface area is 95.5 Å². The van der Waals surface area contributed by atoms with E-state index in [1.807, 2.05) is 30.3 Å². The van der Waals surface area contributed by atoms with Crippen molar-refractivity contribution in [2.24, 2.45) is 5.92 Å². The highest BCUT2D eigenvalue weighted by Gasteiger charge is 2.27. The molecule has 86 valence electrons. The molecule has 0 saturated carbocycles. The lowest BCUT2D eigenvalue weighted by molar-refractivity contribution is -0.128. The first-order valence-electron chi connectivity index (χ1n) is 5.74. The fourth-order valence-corrected chi connectivity index (χ4v) is 2.15. The van der Waals surface area contributed by atoms with Crippen LogP contribution in [0.5, 0.6) is 0 Å².